The predicted octanol–water partition coefficient (Wildman–Crippen LogP) is 2.40. The summed E-state index contributed by atoms with van der Waals surface area (Å²) in [5.41, 5.74) is 3.47. The first-order chi connectivity index (χ1) is 13.5. The lowest BCUT2D eigenvalue weighted by molar-refractivity contribution is -0.119. The van der Waals surface area contributed by atoms with E-state index in [9.17, 15) is 9.90 Å². The van der Waals surface area contributed by atoms with Crippen LogP contribution in [0.25, 0.3) is 11.3 Å². The molecule has 2 aliphatic rings. The molecule has 7 heteroatoms. The molecule has 0 saturated carbocycles. The molecule has 1 N–H and O–H groups in total. The zero-order chi connectivity index (χ0) is 19.8. The highest BCUT2D eigenvalue weighted by Gasteiger charge is 2.35. The van der Waals surface area contributed by atoms with Crippen molar-refractivity contribution in [1.82, 2.24) is 15.1 Å². The van der Waals surface area contributed by atoms with Crippen LogP contribution in [-0.4, -0.2) is 52.3 Å². The summed E-state index contributed by atoms with van der Waals surface area (Å²) in [5.74, 6) is 0.774. The summed E-state index contributed by atoms with van der Waals surface area (Å²) in [5, 5.41) is 28.2. The zero-order valence-corrected chi connectivity index (χ0v) is 16.1. The van der Waals surface area contributed by atoms with E-state index in [1.54, 1.807) is 12.1 Å². The van der Waals surface area contributed by atoms with E-state index in [0.29, 0.717) is 35.5 Å². The molecule has 1 aromatic heterocycles. The van der Waals surface area contributed by atoms with Gasteiger partial charge in [-0.15, -0.1) is 10.2 Å². The number of nitrogens with zero attached hydrogens (tertiary/aromatic N) is 5. The maximum Gasteiger partial charge on any atom is 0.228 e. The van der Waals surface area contributed by atoms with Crippen molar-refractivity contribution in [2.24, 2.45) is 0 Å². The molecule has 1 saturated heterocycles. The number of piperidine rings is 1. The van der Waals surface area contributed by atoms with Crippen molar-refractivity contribution in [3.05, 3.63) is 34.9 Å². The van der Waals surface area contributed by atoms with Gasteiger partial charge in [0.1, 0.15) is 5.75 Å². The number of anilines is 1. The molecule has 1 aromatic carbocycles. The van der Waals surface area contributed by atoms with Gasteiger partial charge in [-0.3, -0.25) is 9.69 Å². The Hall–Kier alpha value is -2.98. The minimum Gasteiger partial charge on any atom is -0.507 e. The average molecular weight is 377 g/mol. The molecule has 4 rings (SSSR count). The van der Waals surface area contributed by atoms with Crippen LogP contribution in [0.3, 0.4) is 0 Å². The Balaban J connectivity index is 1.76. The lowest BCUT2D eigenvalue weighted by atomic mass is 9.94. The van der Waals surface area contributed by atoms with Gasteiger partial charge < -0.3 is 10.0 Å². The Labute approximate surface area is 164 Å². The molecular formula is C21H23N5O2. The van der Waals surface area contributed by atoms with E-state index in [1.165, 1.54) is 6.07 Å². The molecule has 3 heterocycles. The molecule has 0 aliphatic carbocycles. The second-order valence-corrected chi connectivity index (χ2v) is 7.64. The number of aromatic nitrogens is 2. The predicted molar refractivity (Wildman–Crippen MR) is 105 cm³/mol. The number of carbonyl (C=O) groups excluding carboxylic acids is 1. The fourth-order valence-corrected chi connectivity index (χ4v) is 4.29. The van der Waals surface area contributed by atoms with Gasteiger partial charge in [-0.05, 0) is 63.5 Å². The molecule has 144 valence electrons. The Morgan fingerprint density at radius 2 is 2.11 bits per heavy atom. The summed E-state index contributed by atoms with van der Waals surface area (Å²) in [4.78, 5) is 16.8. The number of aromatic hydroxyl groups is 1. The summed E-state index contributed by atoms with van der Waals surface area (Å²) in [6.07, 6.45) is 3.11. The second kappa shape index (κ2) is 7.21. The summed E-state index contributed by atoms with van der Waals surface area (Å²) < 4.78 is 0. The molecule has 28 heavy (non-hydrogen) atoms. The number of hydrogen-bond acceptors (Lipinski definition) is 6. The van der Waals surface area contributed by atoms with Crippen LogP contribution >= 0.6 is 0 Å². The highest BCUT2D eigenvalue weighted by atomic mass is 16.3. The minimum atomic E-state index is 0.00838. The minimum absolute atomic E-state index is 0.00838. The molecule has 0 bridgehead atoms. The molecule has 0 spiro atoms. The van der Waals surface area contributed by atoms with Crippen molar-refractivity contribution < 1.29 is 9.90 Å². The van der Waals surface area contributed by atoms with Crippen molar-refractivity contribution in [2.45, 2.75) is 38.6 Å². The molecule has 0 radical (unpaired) electrons. The van der Waals surface area contributed by atoms with Gasteiger partial charge in [0, 0.05) is 24.1 Å². The average Bonchev–Trinajstić information content (AvgIpc) is 2.68. The Kier molecular flexibility index (Phi) is 4.73. The highest BCUT2D eigenvalue weighted by Crippen LogP contribution is 2.37. The number of phenols is 1. The number of likely N-dealkylation sites (N-methyl/N-ethyl adjacent to an activating group) is 1. The van der Waals surface area contributed by atoms with E-state index >= 15 is 0 Å². The topological polar surface area (TPSA) is 93.3 Å². The Morgan fingerprint density at radius 1 is 1.29 bits per heavy atom. The second-order valence-electron chi connectivity index (χ2n) is 7.64. The standard InChI is InChI=1S/C21H23N5O2/c1-13-16-7-8-19(28)26(15-4-3-9-25(2)12-15)21(16)24-23-20(13)17-6-5-14(11-22)10-18(17)27/h5-6,10,15,27H,3-4,7-9,12H2,1-2H3/t15-/m0/s1. The number of benzene rings is 1. The van der Waals surface area contributed by atoms with Gasteiger partial charge in [0.05, 0.1) is 23.4 Å². The summed E-state index contributed by atoms with van der Waals surface area (Å²) in [6.45, 7) is 3.85. The van der Waals surface area contributed by atoms with E-state index in [2.05, 4.69) is 22.1 Å². The molecule has 1 amide bonds. The number of nitriles is 1. The molecule has 1 atom stereocenters. The zero-order valence-electron chi connectivity index (χ0n) is 16.1. The molecule has 2 aliphatic heterocycles. The number of phenolic OH excluding ortho intramolecular Hbond substituents is 1. The van der Waals surface area contributed by atoms with Crippen LogP contribution in [0.15, 0.2) is 18.2 Å². The maximum atomic E-state index is 12.7. The third-order valence-corrected chi connectivity index (χ3v) is 5.75. The third-order valence-electron chi connectivity index (χ3n) is 5.75. The maximum absolute atomic E-state index is 12.7. The van der Waals surface area contributed by atoms with Crippen molar-refractivity contribution in [1.29, 1.82) is 5.26 Å². The van der Waals surface area contributed by atoms with Crippen molar-refractivity contribution in [2.75, 3.05) is 25.0 Å². The van der Waals surface area contributed by atoms with Crippen LogP contribution in [0.1, 0.15) is 36.0 Å². The summed E-state index contributed by atoms with van der Waals surface area (Å²) in [6, 6.07) is 6.92. The normalized spacial score (nSPS) is 20.0. The number of carbonyl (C=O) groups is 1. The van der Waals surface area contributed by atoms with Crippen LogP contribution in [0.5, 0.6) is 5.75 Å². The van der Waals surface area contributed by atoms with E-state index in [0.717, 1.165) is 37.1 Å². The van der Waals surface area contributed by atoms with Crippen LogP contribution in [-0.2, 0) is 11.2 Å². The SMILES string of the molecule is Cc1c(-c2ccc(C#N)cc2O)nnc2c1CCC(=O)N2[C@H]1CCCN(C)C1. The first kappa shape index (κ1) is 18.4. The molecule has 0 unspecified atom stereocenters. The first-order valence-corrected chi connectivity index (χ1v) is 9.60. The van der Waals surface area contributed by atoms with Gasteiger partial charge in [0.2, 0.25) is 5.91 Å². The van der Waals surface area contributed by atoms with E-state index < -0.39 is 0 Å². The number of likely N-dealkylation sites (tertiary alicyclic amines) is 1. The van der Waals surface area contributed by atoms with Crippen LogP contribution < -0.4 is 4.90 Å². The number of fused-ring (bicyclic) bond motifs is 1. The van der Waals surface area contributed by atoms with Gasteiger partial charge in [0.25, 0.3) is 0 Å². The quantitative estimate of drug-likeness (QED) is 0.864. The van der Waals surface area contributed by atoms with E-state index in [1.807, 2.05) is 17.9 Å². The number of rotatable bonds is 2. The lowest BCUT2D eigenvalue weighted by Gasteiger charge is -2.40. The monoisotopic (exact) mass is 377 g/mol. The largest absolute Gasteiger partial charge is 0.507 e. The number of amides is 1. The van der Waals surface area contributed by atoms with Gasteiger partial charge in [-0.1, -0.05) is 0 Å². The first-order valence-electron chi connectivity index (χ1n) is 9.60. The van der Waals surface area contributed by atoms with E-state index in [-0.39, 0.29) is 17.7 Å². The van der Waals surface area contributed by atoms with Gasteiger partial charge >= 0.3 is 0 Å². The van der Waals surface area contributed by atoms with E-state index in [4.69, 9.17) is 5.26 Å². The van der Waals surface area contributed by atoms with Gasteiger partial charge in [0.15, 0.2) is 5.82 Å². The smallest absolute Gasteiger partial charge is 0.228 e. The number of hydrogen-bond donors (Lipinski definition) is 1. The van der Waals surface area contributed by atoms with Crippen LogP contribution in [0.4, 0.5) is 5.82 Å². The lowest BCUT2D eigenvalue weighted by Crippen LogP contribution is -2.51. The van der Waals surface area contributed by atoms with Crippen molar-refractivity contribution >= 4 is 11.7 Å². The fraction of sp³-hybridized carbons (Fsp3) is 0.429. The fourth-order valence-electron chi connectivity index (χ4n) is 4.29. The Bertz CT molecular complexity index is 981. The molecule has 2 aromatic rings. The summed E-state index contributed by atoms with van der Waals surface area (Å²) >= 11 is 0. The van der Waals surface area contributed by atoms with Gasteiger partial charge in [-0.2, -0.15) is 5.26 Å². The highest BCUT2D eigenvalue weighted by molar-refractivity contribution is 5.96. The van der Waals surface area contributed by atoms with Crippen LogP contribution in [0.2, 0.25) is 0 Å². The third kappa shape index (κ3) is 3.10. The van der Waals surface area contributed by atoms with Crippen LogP contribution in [0, 0.1) is 18.3 Å². The Morgan fingerprint density at radius 3 is 2.82 bits per heavy atom. The molecular weight excluding hydrogens is 354 g/mol. The van der Waals surface area contributed by atoms with Crippen molar-refractivity contribution in [3.8, 4) is 23.1 Å². The molecule has 1 fully saturated rings. The summed E-state index contributed by atoms with van der Waals surface area (Å²) in [7, 11) is 2.08. The molecule has 7 nitrogen and oxygen atoms in total. The van der Waals surface area contributed by atoms with Crippen molar-refractivity contribution in [3.63, 3.8) is 0 Å². The van der Waals surface area contributed by atoms with Gasteiger partial charge in [-0.25, -0.2) is 0 Å².